The van der Waals surface area contributed by atoms with Crippen molar-refractivity contribution in [3.8, 4) is 0 Å². The van der Waals surface area contributed by atoms with E-state index in [9.17, 15) is 4.79 Å². The number of nitrogens with one attached hydrogen (secondary N) is 1. The molecule has 2 aromatic carbocycles. The molecule has 1 amide bonds. The number of thiophene rings is 1. The second kappa shape index (κ2) is 7.57. The number of fused-ring (bicyclic) bond motifs is 1. The minimum atomic E-state index is -0.220. The lowest BCUT2D eigenvalue weighted by Gasteiger charge is -2.21. The molecule has 0 saturated carbocycles. The normalized spacial score (nSPS) is 11.1. The van der Waals surface area contributed by atoms with E-state index < -0.39 is 0 Å². The van der Waals surface area contributed by atoms with Crippen LogP contribution < -0.4 is 11.3 Å². The number of hydrogen-bond acceptors (Lipinski definition) is 4. The molecule has 0 radical (unpaired) electrons. The molecule has 4 nitrogen and oxygen atoms in total. The molecule has 1 aromatic heterocycles. The molecule has 5 heteroatoms. The molecule has 0 aliphatic heterocycles. The van der Waals surface area contributed by atoms with Crippen molar-refractivity contribution in [3.63, 3.8) is 0 Å². The second-order valence-electron chi connectivity index (χ2n) is 5.67. The van der Waals surface area contributed by atoms with Crippen molar-refractivity contribution in [1.82, 2.24) is 10.3 Å². The number of rotatable bonds is 6. The van der Waals surface area contributed by atoms with Gasteiger partial charge in [-0.15, -0.1) is 11.3 Å². The smallest absolute Gasteiger partial charge is 0.275 e. The van der Waals surface area contributed by atoms with Gasteiger partial charge in [0.15, 0.2) is 0 Å². The number of nitrogens with zero attached hydrogens (tertiary/aromatic N) is 1. The van der Waals surface area contributed by atoms with E-state index >= 15 is 0 Å². The van der Waals surface area contributed by atoms with E-state index in [1.54, 1.807) is 0 Å². The van der Waals surface area contributed by atoms with Crippen LogP contribution >= 0.6 is 11.3 Å². The van der Waals surface area contributed by atoms with Gasteiger partial charge in [0.25, 0.3) is 5.91 Å². The molecule has 0 bridgehead atoms. The van der Waals surface area contributed by atoms with Crippen LogP contribution in [0.15, 0.2) is 54.6 Å². The topological polar surface area (TPSA) is 58.4 Å². The lowest BCUT2D eigenvalue weighted by atomic mass is 10.1. The monoisotopic (exact) mass is 339 g/mol. The van der Waals surface area contributed by atoms with Gasteiger partial charge in [-0.25, -0.2) is 5.84 Å². The first kappa shape index (κ1) is 16.6. The van der Waals surface area contributed by atoms with E-state index in [4.69, 9.17) is 5.84 Å². The van der Waals surface area contributed by atoms with E-state index in [2.05, 4.69) is 47.6 Å². The van der Waals surface area contributed by atoms with Crippen molar-refractivity contribution < 1.29 is 4.79 Å². The van der Waals surface area contributed by atoms with Gasteiger partial charge in [0.1, 0.15) is 0 Å². The molecule has 0 saturated heterocycles. The minimum Gasteiger partial charge on any atom is -0.295 e. The van der Waals surface area contributed by atoms with Crippen LogP contribution in [0.1, 0.15) is 27.7 Å². The van der Waals surface area contributed by atoms with Crippen LogP contribution in [0.5, 0.6) is 0 Å². The third kappa shape index (κ3) is 3.48. The van der Waals surface area contributed by atoms with Gasteiger partial charge in [-0.3, -0.25) is 15.1 Å². The number of benzene rings is 2. The highest BCUT2D eigenvalue weighted by molar-refractivity contribution is 7.21. The number of carbonyl (C=O) groups is 1. The van der Waals surface area contributed by atoms with Crippen molar-refractivity contribution in [2.24, 2.45) is 5.84 Å². The molecule has 24 heavy (non-hydrogen) atoms. The Labute approximate surface area is 145 Å². The van der Waals surface area contributed by atoms with Crippen molar-refractivity contribution in [3.05, 3.63) is 70.6 Å². The predicted molar refractivity (Wildman–Crippen MR) is 99.7 cm³/mol. The summed E-state index contributed by atoms with van der Waals surface area (Å²) < 4.78 is 1.11. The van der Waals surface area contributed by atoms with Gasteiger partial charge in [0, 0.05) is 17.8 Å². The molecular formula is C19H21N3OS. The van der Waals surface area contributed by atoms with Crippen LogP contribution in [0.25, 0.3) is 10.1 Å². The van der Waals surface area contributed by atoms with Gasteiger partial charge >= 0.3 is 0 Å². The quantitative estimate of drug-likeness (QED) is 0.410. The van der Waals surface area contributed by atoms with Crippen molar-refractivity contribution in [1.29, 1.82) is 0 Å². The van der Waals surface area contributed by atoms with Crippen LogP contribution in [-0.2, 0) is 13.1 Å². The number of carbonyl (C=O) groups excluding carboxylic acids is 1. The summed E-state index contributed by atoms with van der Waals surface area (Å²) >= 11 is 1.50. The zero-order chi connectivity index (χ0) is 16.9. The molecule has 3 N–H and O–H groups in total. The first-order valence-corrected chi connectivity index (χ1v) is 8.82. The number of hydrazine groups is 1. The summed E-state index contributed by atoms with van der Waals surface area (Å²) in [7, 11) is 0. The summed E-state index contributed by atoms with van der Waals surface area (Å²) in [5, 5.41) is 1.13. The molecule has 0 spiro atoms. The van der Waals surface area contributed by atoms with Crippen LogP contribution in [0, 0.1) is 0 Å². The molecule has 3 rings (SSSR count). The van der Waals surface area contributed by atoms with Gasteiger partial charge in [-0.05, 0) is 29.1 Å². The van der Waals surface area contributed by atoms with E-state index in [0.717, 1.165) is 35.3 Å². The highest BCUT2D eigenvalue weighted by atomic mass is 32.1. The van der Waals surface area contributed by atoms with Gasteiger partial charge in [0.05, 0.1) is 4.88 Å². The highest BCUT2D eigenvalue weighted by Gasteiger charge is 2.19. The molecule has 0 aliphatic rings. The zero-order valence-electron chi connectivity index (χ0n) is 13.7. The summed E-state index contributed by atoms with van der Waals surface area (Å²) in [6.45, 7) is 4.62. The summed E-state index contributed by atoms with van der Waals surface area (Å²) in [5.74, 6) is 5.15. The molecule has 0 unspecified atom stereocenters. The van der Waals surface area contributed by atoms with Gasteiger partial charge in [-0.2, -0.15) is 0 Å². The Morgan fingerprint density at radius 3 is 2.50 bits per heavy atom. The van der Waals surface area contributed by atoms with E-state index in [0.29, 0.717) is 4.88 Å². The fourth-order valence-corrected chi connectivity index (χ4v) is 3.97. The second-order valence-corrected chi connectivity index (χ2v) is 6.72. The summed E-state index contributed by atoms with van der Waals surface area (Å²) in [5.41, 5.74) is 4.60. The van der Waals surface area contributed by atoms with Gasteiger partial charge in [0.2, 0.25) is 0 Å². The molecule has 0 atom stereocenters. The SMILES string of the molecule is CCN(Cc1ccccc1)Cc1c(C(=O)NN)sc2ccccc12. The summed E-state index contributed by atoms with van der Waals surface area (Å²) in [6, 6.07) is 18.5. The summed E-state index contributed by atoms with van der Waals surface area (Å²) in [4.78, 5) is 15.2. The van der Waals surface area contributed by atoms with E-state index in [1.165, 1.54) is 16.9 Å². The highest BCUT2D eigenvalue weighted by Crippen LogP contribution is 2.32. The van der Waals surface area contributed by atoms with Crippen LogP contribution in [0.3, 0.4) is 0 Å². The number of nitrogen functional groups attached to an aromatic ring is 1. The Hall–Kier alpha value is -2.21. The van der Waals surface area contributed by atoms with Crippen LogP contribution in [-0.4, -0.2) is 17.4 Å². The maximum absolute atomic E-state index is 12.2. The van der Waals surface area contributed by atoms with Crippen molar-refractivity contribution >= 4 is 27.3 Å². The number of amides is 1. The maximum atomic E-state index is 12.2. The van der Waals surface area contributed by atoms with Crippen LogP contribution in [0.2, 0.25) is 0 Å². The Bertz CT molecular complexity index is 829. The standard InChI is InChI=1S/C19H21N3OS/c1-2-22(12-14-8-4-3-5-9-14)13-16-15-10-6-7-11-17(15)24-18(16)19(23)21-20/h3-11H,2,12-13,20H2,1H3,(H,21,23). The first-order chi connectivity index (χ1) is 11.7. The van der Waals surface area contributed by atoms with Gasteiger partial charge in [-0.1, -0.05) is 55.5 Å². The van der Waals surface area contributed by atoms with E-state index in [-0.39, 0.29) is 5.91 Å². The molecule has 1 heterocycles. The average molecular weight is 339 g/mol. The third-order valence-electron chi connectivity index (χ3n) is 4.11. The predicted octanol–water partition coefficient (Wildman–Crippen LogP) is 3.53. The molecular weight excluding hydrogens is 318 g/mol. The third-order valence-corrected chi connectivity index (χ3v) is 5.33. The molecule has 0 fully saturated rings. The Balaban J connectivity index is 1.93. The van der Waals surface area contributed by atoms with Crippen molar-refractivity contribution in [2.75, 3.05) is 6.54 Å². The largest absolute Gasteiger partial charge is 0.295 e. The molecule has 124 valence electrons. The van der Waals surface area contributed by atoms with Crippen LogP contribution in [0.4, 0.5) is 0 Å². The Kier molecular flexibility index (Phi) is 5.25. The number of nitrogens with two attached hydrogens (primary N) is 1. The zero-order valence-corrected chi connectivity index (χ0v) is 14.5. The maximum Gasteiger partial charge on any atom is 0.275 e. The van der Waals surface area contributed by atoms with E-state index in [1.807, 2.05) is 24.3 Å². The Morgan fingerprint density at radius 1 is 1.08 bits per heavy atom. The number of hydrogen-bond donors (Lipinski definition) is 2. The fraction of sp³-hybridized carbons (Fsp3) is 0.211. The van der Waals surface area contributed by atoms with Crippen molar-refractivity contribution in [2.45, 2.75) is 20.0 Å². The summed E-state index contributed by atoms with van der Waals surface area (Å²) in [6.07, 6.45) is 0. The van der Waals surface area contributed by atoms with Gasteiger partial charge < -0.3 is 0 Å². The fourth-order valence-electron chi connectivity index (χ4n) is 2.85. The lowest BCUT2D eigenvalue weighted by Crippen LogP contribution is -2.31. The molecule has 3 aromatic rings. The molecule has 0 aliphatic carbocycles. The lowest BCUT2D eigenvalue weighted by molar-refractivity contribution is 0.0956. The minimum absolute atomic E-state index is 0.220. The average Bonchev–Trinajstić information content (AvgIpc) is 3.00. The first-order valence-electron chi connectivity index (χ1n) is 8.00. The Morgan fingerprint density at radius 2 is 1.79 bits per heavy atom.